The second-order valence-electron chi connectivity index (χ2n) is 10.3. The number of rotatable bonds is 9. The molecule has 0 spiro atoms. The second-order valence-corrected chi connectivity index (χ2v) is 10.3. The summed E-state index contributed by atoms with van der Waals surface area (Å²) in [5.41, 5.74) is 2.80. The Bertz CT molecular complexity index is 883. The molecule has 1 N–H and O–H groups in total. The van der Waals surface area contributed by atoms with Crippen LogP contribution in [0.5, 0.6) is 11.5 Å². The first-order valence-electron chi connectivity index (χ1n) is 12.4. The average Bonchev–Trinajstić information content (AvgIpc) is 3.09. The largest absolute Gasteiger partial charge is 0.493 e. The van der Waals surface area contributed by atoms with Gasteiger partial charge in [-0.2, -0.15) is 0 Å². The topological polar surface area (TPSA) is 68.2 Å². The Balaban J connectivity index is 1.54. The number of aliphatic hydroxyl groups is 1. The summed E-state index contributed by atoms with van der Waals surface area (Å²) >= 11 is 0. The SMILES string of the molecule is COc1ccc(CN(CCCO)CC2C(=O)O[C@@H]3C[C@@]4(C)CCC[C@H](C)C4=C[C@H]23)cc1OC. The van der Waals surface area contributed by atoms with Crippen molar-refractivity contribution in [2.24, 2.45) is 23.2 Å². The Morgan fingerprint density at radius 1 is 1.24 bits per heavy atom. The van der Waals surface area contributed by atoms with Gasteiger partial charge in [0.05, 0.1) is 20.1 Å². The van der Waals surface area contributed by atoms with E-state index in [0.717, 1.165) is 18.5 Å². The maximum absolute atomic E-state index is 13.0. The first kappa shape index (κ1) is 24.1. The summed E-state index contributed by atoms with van der Waals surface area (Å²) in [6.45, 7) is 6.84. The molecule has 6 nitrogen and oxygen atoms in total. The zero-order chi connectivity index (χ0) is 23.6. The van der Waals surface area contributed by atoms with Gasteiger partial charge in [0.1, 0.15) is 6.10 Å². The minimum atomic E-state index is -0.167. The van der Waals surface area contributed by atoms with E-state index in [0.29, 0.717) is 36.9 Å². The fourth-order valence-electron chi connectivity index (χ4n) is 6.30. The van der Waals surface area contributed by atoms with Gasteiger partial charge in [0.15, 0.2) is 11.5 Å². The van der Waals surface area contributed by atoms with E-state index < -0.39 is 0 Å². The third kappa shape index (κ3) is 4.92. The van der Waals surface area contributed by atoms with Gasteiger partial charge >= 0.3 is 5.97 Å². The van der Waals surface area contributed by atoms with Crippen LogP contribution in [0, 0.1) is 23.2 Å². The predicted molar refractivity (Wildman–Crippen MR) is 127 cm³/mol. The van der Waals surface area contributed by atoms with E-state index in [4.69, 9.17) is 14.2 Å². The van der Waals surface area contributed by atoms with Gasteiger partial charge in [-0.25, -0.2) is 0 Å². The zero-order valence-electron chi connectivity index (χ0n) is 20.5. The molecule has 3 aliphatic rings. The molecule has 1 saturated carbocycles. The van der Waals surface area contributed by atoms with Crippen LogP contribution in [0.15, 0.2) is 29.8 Å². The highest BCUT2D eigenvalue weighted by Crippen LogP contribution is 2.54. The lowest BCUT2D eigenvalue weighted by atomic mass is 9.59. The van der Waals surface area contributed by atoms with Crippen molar-refractivity contribution in [3.8, 4) is 11.5 Å². The Labute approximate surface area is 197 Å². The van der Waals surface area contributed by atoms with Gasteiger partial charge in [-0.1, -0.05) is 38.0 Å². The molecule has 6 heteroatoms. The molecule has 2 fully saturated rings. The lowest BCUT2D eigenvalue weighted by Crippen LogP contribution is -2.41. The van der Waals surface area contributed by atoms with Crippen molar-refractivity contribution >= 4 is 5.97 Å². The molecule has 0 bridgehead atoms. The first-order chi connectivity index (χ1) is 15.9. The molecule has 1 aliphatic heterocycles. The predicted octanol–water partition coefficient (Wildman–Crippen LogP) is 4.20. The first-order valence-corrected chi connectivity index (χ1v) is 12.4. The Morgan fingerprint density at radius 3 is 2.76 bits per heavy atom. The third-order valence-electron chi connectivity index (χ3n) is 8.02. The number of ether oxygens (including phenoxy) is 3. The van der Waals surface area contributed by atoms with Crippen LogP contribution in [0.4, 0.5) is 0 Å². The van der Waals surface area contributed by atoms with Gasteiger partial charge in [-0.3, -0.25) is 9.69 Å². The van der Waals surface area contributed by atoms with E-state index in [1.165, 1.54) is 19.3 Å². The monoisotopic (exact) mass is 457 g/mol. The summed E-state index contributed by atoms with van der Waals surface area (Å²) in [7, 11) is 3.26. The highest BCUT2D eigenvalue weighted by molar-refractivity contribution is 5.76. The van der Waals surface area contributed by atoms with Crippen LogP contribution in [0.25, 0.3) is 0 Å². The molecule has 182 valence electrons. The fourth-order valence-corrected chi connectivity index (χ4v) is 6.30. The summed E-state index contributed by atoms with van der Waals surface area (Å²) in [5.74, 6) is 1.88. The molecular formula is C27H39NO5. The number of esters is 1. The Hall–Kier alpha value is -2.05. The average molecular weight is 458 g/mol. The lowest BCUT2D eigenvalue weighted by molar-refractivity contribution is -0.145. The minimum Gasteiger partial charge on any atom is -0.493 e. The molecule has 1 aromatic carbocycles. The summed E-state index contributed by atoms with van der Waals surface area (Å²) in [6, 6.07) is 5.92. The van der Waals surface area contributed by atoms with E-state index >= 15 is 0 Å². The molecular weight excluding hydrogens is 418 g/mol. The molecule has 0 radical (unpaired) electrons. The highest BCUT2D eigenvalue weighted by Gasteiger charge is 2.51. The number of carbonyl (C=O) groups excluding carboxylic acids is 1. The van der Waals surface area contributed by atoms with Crippen LogP contribution in [-0.4, -0.2) is 56.0 Å². The van der Waals surface area contributed by atoms with Gasteiger partial charge < -0.3 is 19.3 Å². The zero-order valence-corrected chi connectivity index (χ0v) is 20.5. The summed E-state index contributed by atoms with van der Waals surface area (Å²) < 4.78 is 16.8. The fraction of sp³-hybridized carbons (Fsp3) is 0.667. The third-order valence-corrected chi connectivity index (χ3v) is 8.02. The van der Waals surface area contributed by atoms with Crippen LogP contribution in [0.3, 0.4) is 0 Å². The van der Waals surface area contributed by atoms with E-state index in [9.17, 15) is 9.90 Å². The van der Waals surface area contributed by atoms with E-state index in [-0.39, 0.29) is 35.9 Å². The molecule has 1 unspecified atom stereocenters. The smallest absolute Gasteiger partial charge is 0.311 e. The standard InChI is InChI=1S/C27H39NO5/c1-18-7-5-10-27(2)15-25-20(14-22(18)27)21(26(30)33-25)17-28(11-6-12-29)16-19-8-9-23(31-3)24(13-19)32-4/h8-9,13-14,18,20-21,25,29H,5-7,10-12,15-17H2,1-4H3/t18-,20+,21?,25+,27+/m0/s1. The second kappa shape index (κ2) is 10.1. The Morgan fingerprint density at radius 2 is 2.03 bits per heavy atom. The number of aliphatic hydroxyl groups excluding tert-OH is 1. The van der Waals surface area contributed by atoms with Gasteiger partial charge in [0.25, 0.3) is 0 Å². The molecule has 1 heterocycles. The van der Waals surface area contributed by atoms with Crippen LogP contribution in [0.1, 0.15) is 51.5 Å². The number of carbonyl (C=O) groups is 1. The maximum Gasteiger partial charge on any atom is 0.311 e. The maximum atomic E-state index is 13.0. The lowest BCUT2D eigenvalue weighted by Gasteiger charge is -2.46. The van der Waals surface area contributed by atoms with Crippen molar-refractivity contribution in [1.82, 2.24) is 4.90 Å². The van der Waals surface area contributed by atoms with Crippen molar-refractivity contribution in [1.29, 1.82) is 0 Å². The van der Waals surface area contributed by atoms with Crippen molar-refractivity contribution in [3.63, 3.8) is 0 Å². The van der Waals surface area contributed by atoms with Gasteiger partial charge in [0.2, 0.25) is 0 Å². The molecule has 4 rings (SSSR count). The number of nitrogens with zero attached hydrogens (tertiary/aromatic N) is 1. The van der Waals surface area contributed by atoms with Crippen molar-refractivity contribution in [3.05, 3.63) is 35.4 Å². The van der Waals surface area contributed by atoms with E-state index in [1.54, 1.807) is 19.8 Å². The minimum absolute atomic E-state index is 0.0117. The number of methoxy groups -OCH3 is 2. The van der Waals surface area contributed by atoms with Crippen molar-refractivity contribution in [2.45, 2.75) is 58.6 Å². The van der Waals surface area contributed by atoms with Crippen molar-refractivity contribution < 1.29 is 24.1 Å². The molecule has 2 aliphatic carbocycles. The molecule has 1 saturated heterocycles. The highest BCUT2D eigenvalue weighted by atomic mass is 16.6. The van der Waals surface area contributed by atoms with Crippen LogP contribution in [0.2, 0.25) is 0 Å². The van der Waals surface area contributed by atoms with Gasteiger partial charge in [-0.15, -0.1) is 0 Å². The molecule has 33 heavy (non-hydrogen) atoms. The van der Waals surface area contributed by atoms with E-state index in [1.807, 2.05) is 18.2 Å². The normalized spacial score (nSPS) is 31.0. The van der Waals surface area contributed by atoms with Crippen LogP contribution < -0.4 is 9.47 Å². The molecule has 0 amide bonds. The number of hydrogen-bond donors (Lipinski definition) is 1. The molecule has 1 aromatic rings. The summed E-state index contributed by atoms with van der Waals surface area (Å²) in [4.78, 5) is 15.3. The summed E-state index contributed by atoms with van der Waals surface area (Å²) in [5, 5.41) is 9.45. The van der Waals surface area contributed by atoms with Gasteiger partial charge in [-0.05, 0) is 54.7 Å². The quantitative estimate of drug-likeness (QED) is 0.443. The van der Waals surface area contributed by atoms with Crippen molar-refractivity contribution in [2.75, 3.05) is 33.9 Å². The Kier molecular flexibility index (Phi) is 7.34. The van der Waals surface area contributed by atoms with Crippen LogP contribution >= 0.6 is 0 Å². The molecule has 5 atom stereocenters. The number of allylic oxidation sites excluding steroid dienone is 1. The molecule has 0 aromatic heterocycles. The van der Waals surface area contributed by atoms with Gasteiger partial charge in [0, 0.05) is 32.2 Å². The number of benzene rings is 1. The number of hydrogen-bond acceptors (Lipinski definition) is 6. The van der Waals surface area contributed by atoms with E-state index in [2.05, 4.69) is 24.8 Å². The summed E-state index contributed by atoms with van der Waals surface area (Å²) in [6.07, 6.45) is 7.69. The van der Waals surface area contributed by atoms with Crippen LogP contribution in [-0.2, 0) is 16.1 Å². The number of fused-ring (bicyclic) bond motifs is 2.